The molecule has 2 aliphatic rings. The molecule has 2 heterocycles. The van der Waals surface area contributed by atoms with E-state index in [2.05, 4.69) is 10.2 Å². The summed E-state index contributed by atoms with van der Waals surface area (Å²) in [6, 6.07) is 16.8. The zero-order valence-corrected chi connectivity index (χ0v) is 19.3. The molecule has 1 atom stereocenters. The number of hydrogen-bond donors (Lipinski definition) is 2. The number of carbonyl (C=O) groups excluding carboxylic acids is 3. The van der Waals surface area contributed by atoms with E-state index in [1.165, 1.54) is 0 Å². The van der Waals surface area contributed by atoms with Gasteiger partial charge in [-0.1, -0.05) is 30.3 Å². The Kier molecular flexibility index (Phi) is 7.80. The van der Waals surface area contributed by atoms with Gasteiger partial charge in [0.1, 0.15) is 5.75 Å². The molecule has 34 heavy (non-hydrogen) atoms. The Morgan fingerprint density at radius 2 is 1.74 bits per heavy atom. The first-order chi connectivity index (χ1) is 16.5. The van der Waals surface area contributed by atoms with Gasteiger partial charge in [0.25, 0.3) is 5.91 Å². The van der Waals surface area contributed by atoms with E-state index in [4.69, 9.17) is 10.5 Å². The second-order valence-corrected chi connectivity index (χ2v) is 8.98. The van der Waals surface area contributed by atoms with Crippen LogP contribution in [0.15, 0.2) is 54.6 Å². The van der Waals surface area contributed by atoms with E-state index >= 15 is 0 Å². The molecule has 2 aliphatic heterocycles. The van der Waals surface area contributed by atoms with Gasteiger partial charge < -0.3 is 20.7 Å². The van der Waals surface area contributed by atoms with Gasteiger partial charge in [-0.25, -0.2) is 0 Å². The first-order valence-electron chi connectivity index (χ1n) is 11.9. The molecule has 4 rings (SSSR count). The fourth-order valence-corrected chi connectivity index (χ4v) is 4.71. The largest absolute Gasteiger partial charge is 0.484 e. The molecule has 0 saturated carbocycles. The molecule has 2 aromatic rings. The molecule has 0 aliphatic carbocycles. The van der Waals surface area contributed by atoms with Crippen LogP contribution < -0.4 is 15.8 Å². The van der Waals surface area contributed by atoms with Crippen LogP contribution in [0.25, 0.3) is 0 Å². The van der Waals surface area contributed by atoms with Crippen molar-refractivity contribution >= 4 is 23.4 Å². The van der Waals surface area contributed by atoms with Gasteiger partial charge in [0.05, 0.1) is 6.04 Å². The van der Waals surface area contributed by atoms with E-state index in [1.54, 1.807) is 4.90 Å². The quantitative estimate of drug-likeness (QED) is 0.624. The van der Waals surface area contributed by atoms with Crippen LogP contribution in [-0.2, 0) is 20.9 Å². The lowest BCUT2D eigenvalue weighted by Crippen LogP contribution is -2.43. The Balaban J connectivity index is 1.24. The van der Waals surface area contributed by atoms with E-state index in [0.717, 1.165) is 30.6 Å². The number of likely N-dealkylation sites (tertiary alicyclic amines) is 2. The molecule has 180 valence electrons. The number of hydrogen-bond acceptors (Lipinski definition) is 5. The molecule has 1 unspecified atom stereocenters. The maximum Gasteiger partial charge on any atom is 0.260 e. The fraction of sp³-hybridized carbons (Fsp3) is 0.423. The highest BCUT2D eigenvalue weighted by Gasteiger charge is 2.29. The maximum atomic E-state index is 12.8. The summed E-state index contributed by atoms with van der Waals surface area (Å²) in [6.07, 6.45) is 3.00. The molecule has 8 nitrogen and oxygen atoms in total. The van der Waals surface area contributed by atoms with E-state index in [0.29, 0.717) is 38.2 Å². The highest BCUT2D eigenvalue weighted by atomic mass is 16.5. The molecule has 3 N–H and O–H groups in total. The average molecular weight is 465 g/mol. The summed E-state index contributed by atoms with van der Waals surface area (Å²) in [5.74, 6) is 0.161. The molecule has 0 spiro atoms. The minimum atomic E-state index is -0.279. The van der Waals surface area contributed by atoms with Gasteiger partial charge in [-0.3, -0.25) is 19.3 Å². The molecule has 2 saturated heterocycles. The van der Waals surface area contributed by atoms with Crippen molar-refractivity contribution in [3.63, 3.8) is 0 Å². The predicted octanol–water partition coefficient (Wildman–Crippen LogP) is 2.39. The van der Waals surface area contributed by atoms with Gasteiger partial charge in [0.2, 0.25) is 11.8 Å². The predicted molar refractivity (Wildman–Crippen MR) is 129 cm³/mol. The Morgan fingerprint density at radius 1 is 0.971 bits per heavy atom. The summed E-state index contributed by atoms with van der Waals surface area (Å²) in [5, 5.41) is 3.02. The summed E-state index contributed by atoms with van der Waals surface area (Å²) < 4.78 is 5.55. The van der Waals surface area contributed by atoms with Crippen molar-refractivity contribution in [3.8, 4) is 5.75 Å². The standard InChI is InChI=1S/C26H32N4O4/c27-25(32)23-10-5-13-30(23)17-19-6-4-7-21(16-19)28-26(33)20-11-14-29(15-12-20)24(31)18-34-22-8-2-1-3-9-22/h1-4,6-9,16,20,23H,5,10-15,17-18H2,(H2,27,32)(H,28,33). The van der Waals surface area contributed by atoms with Crippen molar-refractivity contribution in [2.45, 2.75) is 38.3 Å². The highest BCUT2D eigenvalue weighted by Crippen LogP contribution is 2.23. The number of primary amides is 1. The molecule has 0 aromatic heterocycles. The van der Waals surface area contributed by atoms with E-state index < -0.39 is 0 Å². The zero-order chi connectivity index (χ0) is 23.9. The van der Waals surface area contributed by atoms with Crippen LogP contribution in [0.3, 0.4) is 0 Å². The van der Waals surface area contributed by atoms with Crippen LogP contribution in [0.4, 0.5) is 5.69 Å². The zero-order valence-electron chi connectivity index (χ0n) is 19.3. The highest BCUT2D eigenvalue weighted by molar-refractivity contribution is 5.92. The van der Waals surface area contributed by atoms with E-state index in [-0.39, 0.29) is 36.3 Å². The monoisotopic (exact) mass is 464 g/mol. The fourth-order valence-electron chi connectivity index (χ4n) is 4.71. The number of nitrogens with zero attached hydrogens (tertiary/aromatic N) is 2. The number of amides is 3. The van der Waals surface area contributed by atoms with Crippen LogP contribution in [0, 0.1) is 5.92 Å². The third-order valence-corrected chi connectivity index (χ3v) is 6.60. The lowest BCUT2D eigenvalue weighted by Gasteiger charge is -2.31. The number of rotatable bonds is 8. The molecule has 2 aromatic carbocycles. The second kappa shape index (κ2) is 11.2. The van der Waals surface area contributed by atoms with Gasteiger partial charge >= 0.3 is 0 Å². The molecule has 8 heteroatoms. The van der Waals surface area contributed by atoms with Gasteiger partial charge in [-0.15, -0.1) is 0 Å². The van der Waals surface area contributed by atoms with Crippen molar-refractivity contribution in [1.82, 2.24) is 9.80 Å². The number of piperidine rings is 1. The third-order valence-electron chi connectivity index (χ3n) is 6.60. The molecule has 0 bridgehead atoms. The summed E-state index contributed by atoms with van der Waals surface area (Å²) >= 11 is 0. The van der Waals surface area contributed by atoms with Crippen LogP contribution >= 0.6 is 0 Å². The van der Waals surface area contributed by atoms with Crippen molar-refractivity contribution in [2.75, 3.05) is 31.6 Å². The lowest BCUT2D eigenvalue weighted by molar-refractivity contribution is -0.136. The Morgan fingerprint density at radius 3 is 2.47 bits per heavy atom. The molecule has 2 fully saturated rings. The first kappa shape index (κ1) is 23.8. The topological polar surface area (TPSA) is 105 Å². The van der Waals surface area contributed by atoms with Crippen LogP contribution in [0.1, 0.15) is 31.2 Å². The Bertz CT molecular complexity index is 1000. The van der Waals surface area contributed by atoms with Crippen molar-refractivity contribution < 1.29 is 19.1 Å². The van der Waals surface area contributed by atoms with Crippen LogP contribution in [0.2, 0.25) is 0 Å². The van der Waals surface area contributed by atoms with Gasteiger partial charge in [-0.2, -0.15) is 0 Å². The number of benzene rings is 2. The second-order valence-electron chi connectivity index (χ2n) is 8.98. The third kappa shape index (κ3) is 6.14. The molecule has 0 radical (unpaired) electrons. The number of anilines is 1. The molecular formula is C26H32N4O4. The number of nitrogens with two attached hydrogens (primary N) is 1. The lowest BCUT2D eigenvalue weighted by atomic mass is 9.95. The molecule has 3 amide bonds. The minimum absolute atomic E-state index is 0.00129. The minimum Gasteiger partial charge on any atom is -0.484 e. The summed E-state index contributed by atoms with van der Waals surface area (Å²) in [4.78, 5) is 40.8. The number of ether oxygens (including phenoxy) is 1. The van der Waals surface area contributed by atoms with E-state index in [1.807, 2.05) is 54.6 Å². The SMILES string of the molecule is NC(=O)C1CCCN1Cc1cccc(NC(=O)C2CCN(C(=O)COc3ccccc3)CC2)c1. The van der Waals surface area contributed by atoms with Crippen LogP contribution in [-0.4, -0.2) is 59.8 Å². The molecular weight excluding hydrogens is 432 g/mol. The smallest absolute Gasteiger partial charge is 0.260 e. The normalized spacial score (nSPS) is 19.1. The van der Waals surface area contributed by atoms with Gasteiger partial charge in [0.15, 0.2) is 6.61 Å². The number of nitrogens with one attached hydrogen (secondary N) is 1. The van der Waals surface area contributed by atoms with Crippen LogP contribution in [0.5, 0.6) is 5.75 Å². The van der Waals surface area contributed by atoms with Crippen molar-refractivity contribution in [2.24, 2.45) is 11.7 Å². The van der Waals surface area contributed by atoms with Crippen molar-refractivity contribution in [3.05, 3.63) is 60.2 Å². The number of para-hydroxylation sites is 1. The first-order valence-corrected chi connectivity index (χ1v) is 11.9. The summed E-state index contributed by atoms with van der Waals surface area (Å²) in [5.41, 5.74) is 7.30. The summed E-state index contributed by atoms with van der Waals surface area (Å²) in [7, 11) is 0. The van der Waals surface area contributed by atoms with Crippen molar-refractivity contribution in [1.29, 1.82) is 0 Å². The van der Waals surface area contributed by atoms with Gasteiger partial charge in [-0.05, 0) is 62.1 Å². The number of carbonyl (C=O) groups is 3. The average Bonchev–Trinajstić information content (AvgIpc) is 3.32. The Hall–Kier alpha value is -3.39. The maximum absolute atomic E-state index is 12.8. The van der Waals surface area contributed by atoms with Gasteiger partial charge in [0, 0.05) is 31.2 Å². The summed E-state index contributed by atoms with van der Waals surface area (Å²) in [6.45, 7) is 2.55. The van der Waals surface area contributed by atoms with E-state index in [9.17, 15) is 14.4 Å². The Labute approximate surface area is 200 Å².